The van der Waals surface area contributed by atoms with Crippen LogP contribution in [-0.2, 0) is 6.42 Å². The average molecular weight is 581 g/mol. The Morgan fingerprint density at radius 3 is 2.33 bits per heavy atom. The number of carbonyl (C=O) groups excluding carboxylic acids is 2. The number of piperidine rings is 1. The lowest BCUT2D eigenvalue weighted by molar-refractivity contribution is 0.0709. The number of hydrogen-bond acceptors (Lipinski definition) is 4. The van der Waals surface area contributed by atoms with Crippen molar-refractivity contribution in [2.45, 2.75) is 51.6 Å². The van der Waals surface area contributed by atoms with Gasteiger partial charge in [0.15, 0.2) is 0 Å². The molecular formula is C31H35Cl2N5O2. The van der Waals surface area contributed by atoms with Gasteiger partial charge in [0.05, 0.1) is 16.8 Å². The fourth-order valence-corrected chi connectivity index (χ4v) is 6.40. The minimum Gasteiger partial charge on any atom is -0.371 e. The van der Waals surface area contributed by atoms with Crippen LogP contribution in [0, 0.1) is 13.8 Å². The molecule has 1 fully saturated rings. The topological polar surface area (TPSA) is 68.8 Å². The third-order valence-corrected chi connectivity index (χ3v) is 8.65. The maximum absolute atomic E-state index is 13.6. The molecular weight excluding hydrogens is 545 g/mol. The van der Waals surface area contributed by atoms with Gasteiger partial charge in [0.2, 0.25) is 0 Å². The van der Waals surface area contributed by atoms with Crippen molar-refractivity contribution in [2.75, 3.05) is 37.0 Å². The van der Waals surface area contributed by atoms with Crippen LogP contribution in [0.1, 0.15) is 58.2 Å². The number of aromatic nitrogens is 1. The van der Waals surface area contributed by atoms with Gasteiger partial charge in [-0.3, -0.25) is 14.7 Å². The van der Waals surface area contributed by atoms with Crippen molar-refractivity contribution in [3.8, 4) is 0 Å². The summed E-state index contributed by atoms with van der Waals surface area (Å²) in [6, 6.07) is 14.9. The molecule has 7 nitrogen and oxygen atoms in total. The lowest BCUT2D eigenvalue weighted by atomic mass is 10.00. The molecule has 0 saturated carbocycles. The zero-order chi connectivity index (χ0) is 28.6. The Bertz CT molecular complexity index is 1420. The number of nitrogens with one attached hydrogen (secondary N) is 1. The van der Waals surface area contributed by atoms with Crippen LogP contribution in [0.2, 0.25) is 10.0 Å². The van der Waals surface area contributed by atoms with Crippen LogP contribution >= 0.6 is 23.2 Å². The number of hydrogen-bond donors (Lipinski definition) is 1. The van der Waals surface area contributed by atoms with E-state index in [0.717, 1.165) is 61.3 Å². The molecule has 1 N–H and O–H groups in total. The Kier molecular flexibility index (Phi) is 8.24. The summed E-state index contributed by atoms with van der Waals surface area (Å²) >= 11 is 12.3. The summed E-state index contributed by atoms with van der Waals surface area (Å²) in [7, 11) is 3.58. The Hall–Kier alpha value is -3.29. The monoisotopic (exact) mass is 579 g/mol. The second-order valence-corrected chi connectivity index (χ2v) is 11.7. The van der Waals surface area contributed by atoms with E-state index < -0.39 is 0 Å². The van der Waals surface area contributed by atoms with Gasteiger partial charge in [-0.05, 0) is 93.1 Å². The van der Waals surface area contributed by atoms with Crippen LogP contribution in [0.3, 0.4) is 0 Å². The minimum atomic E-state index is -0.262. The molecule has 0 radical (unpaired) electrons. The zero-order valence-corrected chi connectivity index (χ0v) is 24.9. The maximum Gasteiger partial charge on any atom is 0.322 e. The smallest absolute Gasteiger partial charge is 0.322 e. The molecule has 210 valence electrons. The van der Waals surface area contributed by atoms with Gasteiger partial charge < -0.3 is 15.1 Å². The number of amides is 3. The zero-order valence-electron chi connectivity index (χ0n) is 23.4. The molecule has 2 aromatic carbocycles. The lowest BCUT2D eigenvalue weighted by Gasteiger charge is -2.38. The summed E-state index contributed by atoms with van der Waals surface area (Å²) in [4.78, 5) is 36.9. The second kappa shape index (κ2) is 11.7. The van der Waals surface area contributed by atoms with Gasteiger partial charge in [0.25, 0.3) is 5.91 Å². The summed E-state index contributed by atoms with van der Waals surface area (Å²) in [5.41, 5.74) is 6.64. The van der Waals surface area contributed by atoms with Gasteiger partial charge in [-0.1, -0.05) is 29.3 Å². The Labute approximate surface area is 246 Å². The van der Waals surface area contributed by atoms with Gasteiger partial charge >= 0.3 is 6.03 Å². The van der Waals surface area contributed by atoms with Crippen molar-refractivity contribution >= 4 is 46.5 Å². The Morgan fingerprint density at radius 1 is 0.950 bits per heavy atom. The van der Waals surface area contributed by atoms with Gasteiger partial charge in [-0.25, -0.2) is 4.79 Å². The van der Waals surface area contributed by atoms with E-state index in [-0.39, 0.29) is 24.0 Å². The number of halogens is 2. The molecule has 9 heteroatoms. The van der Waals surface area contributed by atoms with Crippen molar-refractivity contribution in [3.63, 3.8) is 0 Å². The van der Waals surface area contributed by atoms with Crippen molar-refractivity contribution < 1.29 is 9.59 Å². The third-order valence-electron chi connectivity index (χ3n) is 8.11. The molecule has 3 amide bonds. The number of anilines is 2. The molecule has 3 aromatic rings. The first-order valence-corrected chi connectivity index (χ1v) is 14.5. The predicted octanol–water partition coefficient (Wildman–Crippen LogP) is 6.58. The highest BCUT2D eigenvalue weighted by molar-refractivity contribution is 6.36. The second-order valence-electron chi connectivity index (χ2n) is 10.9. The normalized spacial score (nSPS) is 16.9. The van der Waals surface area contributed by atoms with Gasteiger partial charge in [0.1, 0.15) is 0 Å². The molecule has 1 saturated heterocycles. The first-order valence-electron chi connectivity index (χ1n) is 13.7. The van der Waals surface area contributed by atoms with E-state index in [1.807, 2.05) is 44.0 Å². The molecule has 1 unspecified atom stereocenters. The molecule has 40 heavy (non-hydrogen) atoms. The number of fused-ring (bicyclic) bond motifs is 1. The molecule has 0 bridgehead atoms. The largest absolute Gasteiger partial charge is 0.371 e. The number of nitrogens with zero attached hydrogens (tertiary/aromatic N) is 4. The Balaban J connectivity index is 1.23. The van der Waals surface area contributed by atoms with E-state index in [2.05, 4.69) is 27.3 Å². The number of urea groups is 1. The summed E-state index contributed by atoms with van der Waals surface area (Å²) in [5.74, 6) is 0.0129. The molecule has 1 aromatic heterocycles. The van der Waals surface area contributed by atoms with Crippen LogP contribution in [0.25, 0.3) is 0 Å². The quantitative estimate of drug-likeness (QED) is 0.370. The summed E-state index contributed by atoms with van der Waals surface area (Å²) in [6.07, 6.45) is 3.45. The summed E-state index contributed by atoms with van der Waals surface area (Å²) < 4.78 is 0. The van der Waals surface area contributed by atoms with Crippen molar-refractivity contribution in [3.05, 3.63) is 86.7 Å². The van der Waals surface area contributed by atoms with E-state index >= 15 is 0 Å². The van der Waals surface area contributed by atoms with Crippen LogP contribution in [0.4, 0.5) is 16.2 Å². The van der Waals surface area contributed by atoms with Crippen molar-refractivity contribution in [1.82, 2.24) is 15.2 Å². The molecule has 1 aliphatic carbocycles. The van der Waals surface area contributed by atoms with E-state index in [1.165, 1.54) is 10.6 Å². The highest BCUT2D eigenvalue weighted by Crippen LogP contribution is 2.34. The number of carbonyl (C=O) groups is 2. The molecule has 2 aliphatic rings. The third kappa shape index (κ3) is 5.91. The SMILES string of the molecule is Cc1cc(N2CCC(N(C)C(=O)c3ccc4c(c3)C(NC(=O)N(C)c3ccc(Cl)cc3Cl)CC4)CC2)cc(C)n1. The van der Waals surface area contributed by atoms with Crippen molar-refractivity contribution in [1.29, 1.82) is 0 Å². The van der Waals surface area contributed by atoms with E-state index in [4.69, 9.17) is 23.2 Å². The summed E-state index contributed by atoms with van der Waals surface area (Å²) in [5, 5.41) is 4.04. The average Bonchev–Trinajstić information content (AvgIpc) is 3.33. The molecule has 1 aliphatic heterocycles. The van der Waals surface area contributed by atoms with Gasteiger partial charge in [-0.2, -0.15) is 0 Å². The highest BCUT2D eigenvalue weighted by Gasteiger charge is 2.30. The number of rotatable bonds is 5. The maximum atomic E-state index is 13.6. The summed E-state index contributed by atoms with van der Waals surface area (Å²) in [6.45, 7) is 5.84. The van der Waals surface area contributed by atoms with Gasteiger partial charge in [0, 0.05) is 60.9 Å². The molecule has 2 heterocycles. The first-order chi connectivity index (χ1) is 19.1. The minimum absolute atomic E-state index is 0.0129. The fraction of sp³-hybridized carbons (Fsp3) is 0.387. The van der Waals surface area contributed by atoms with E-state index in [9.17, 15) is 9.59 Å². The number of pyridine rings is 1. The highest BCUT2D eigenvalue weighted by atomic mass is 35.5. The number of benzene rings is 2. The van der Waals surface area contributed by atoms with Crippen LogP contribution < -0.4 is 15.1 Å². The lowest BCUT2D eigenvalue weighted by Crippen LogP contribution is -2.45. The molecule has 5 rings (SSSR count). The van der Waals surface area contributed by atoms with Gasteiger partial charge in [-0.15, -0.1) is 0 Å². The van der Waals surface area contributed by atoms with Crippen LogP contribution in [0.5, 0.6) is 0 Å². The number of aryl methyl sites for hydroxylation is 3. The van der Waals surface area contributed by atoms with Crippen LogP contribution in [-0.4, -0.2) is 55.0 Å². The predicted molar refractivity (Wildman–Crippen MR) is 162 cm³/mol. The van der Waals surface area contributed by atoms with E-state index in [0.29, 0.717) is 21.3 Å². The van der Waals surface area contributed by atoms with Crippen molar-refractivity contribution in [2.24, 2.45) is 0 Å². The Morgan fingerprint density at radius 2 is 1.65 bits per heavy atom. The molecule has 0 spiro atoms. The van der Waals surface area contributed by atoms with E-state index in [1.54, 1.807) is 25.2 Å². The van der Waals surface area contributed by atoms with Crippen LogP contribution in [0.15, 0.2) is 48.5 Å². The first kappa shape index (κ1) is 28.2. The molecule has 1 atom stereocenters. The fourth-order valence-electron chi connectivity index (χ4n) is 5.87. The standard InChI is InChI=1S/C31H35Cl2N5O2/c1-19-15-25(16-20(2)34-19)38-13-11-24(12-14-38)36(3)30(39)22-6-5-21-7-9-28(26(21)17-22)35-31(40)37(4)29-10-8-23(32)18-27(29)33/h5-6,8,10,15-18,24,28H,7,9,11-14H2,1-4H3,(H,35,40).